The van der Waals surface area contributed by atoms with Gasteiger partial charge in [-0.05, 0) is 19.5 Å². The number of halogens is 2. The number of rotatable bonds is 5. The zero-order chi connectivity index (χ0) is 13.8. The van der Waals surface area contributed by atoms with Gasteiger partial charge in [-0.1, -0.05) is 29.8 Å². The number of aryl methyl sites for hydroxylation is 1. The van der Waals surface area contributed by atoms with E-state index in [-0.39, 0.29) is 5.69 Å². The van der Waals surface area contributed by atoms with Crippen LogP contribution in [0, 0.1) is 6.92 Å². The Labute approximate surface area is 111 Å². The Kier molecular flexibility index (Phi) is 4.27. The third kappa shape index (κ3) is 3.17. The summed E-state index contributed by atoms with van der Waals surface area (Å²) >= 11 is 0. The number of nitrogens with zero attached hydrogens (tertiary/aromatic N) is 2. The van der Waals surface area contributed by atoms with Gasteiger partial charge in [0.15, 0.2) is 0 Å². The normalized spacial score (nSPS) is 11.2. The first kappa shape index (κ1) is 13.7. The van der Waals surface area contributed by atoms with Crippen LogP contribution in [0.4, 0.5) is 8.78 Å². The van der Waals surface area contributed by atoms with Crippen LogP contribution in [0.5, 0.6) is 0 Å². The van der Waals surface area contributed by atoms with Crippen molar-refractivity contribution in [1.29, 1.82) is 0 Å². The van der Waals surface area contributed by atoms with Crippen molar-refractivity contribution in [2.75, 3.05) is 7.05 Å². The lowest BCUT2D eigenvalue weighted by atomic mass is 10.1. The molecule has 102 valence electrons. The van der Waals surface area contributed by atoms with Gasteiger partial charge in [0.25, 0.3) is 6.43 Å². The molecule has 0 bridgehead atoms. The summed E-state index contributed by atoms with van der Waals surface area (Å²) in [5.74, 6) is 0. The number of alkyl halides is 2. The second kappa shape index (κ2) is 5.93. The summed E-state index contributed by atoms with van der Waals surface area (Å²) in [6.45, 7) is 2.75. The van der Waals surface area contributed by atoms with E-state index in [9.17, 15) is 8.78 Å². The van der Waals surface area contributed by atoms with Gasteiger partial charge in [0.1, 0.15) is 5.69 Å². The molecule has 0 saturated heterocycles. The van der Waals surface area contributed by atoms with Crippen molar-refractivity contribution in [1.82, 2.24) is 15.1 Å². The largest absolute Gasteiger partial charge is 0.316 e. The third-order valence-electron chi connectivity index (χ3n) is 2.99. The van der Waals surface area contributed by atoms with Crippen LogP contribution < -0.4 is 5.32 Å². The first-order valence-electron chi connectivity index (χ1n) is 6.14. The molecule has 1 aromatic carbocycles. The SMILES string of the molecule is CNCc1cnn(Cc2ccc(C)cc2)c1C(F)F. The highest BCUT2D eigenvalue weighted by atomic mass is 19.3. The molecule has 0 aliphatic carbocycles. The minimum Gasteiger partial charge on any atom is -0.316 e. The zero-order valence-corrected chi connectivity index (χ0v) is 11.0. The Morgan fingerprint density at radius 2 is 1.95 bits per heavy atom. The Morgan fingerprint density at radius 3 is 2.53 bits per heavy atom. The maximum atomic E-state index is 13.1. The van der Waals surface area contributed by atoms with Crippen molar-refractivity contribution >= 4 is 0 Å². The van der Waals surface area contributed by atoms with E-state index in [1.54, 1.807) is 7.05 Å². The molecule has 0 spiro atoms. The van der Waals surface area contributed by atoms with E-state index < -0.39 is 6.43 Å². The number of hydrogen-bond acceptors (Lipinski definition) is 2. The van der Waals surface area contributed by atoms with Crippen molar-refractivity contribution in [2.24, 2.45) is 0 Å². The monoisotopic (exact) mass is 265 g/mol. The van der Waals surface area contributed by atoms with Crippen LogP contribution in [0.1, 0.15) is 28.8 Å². The fourth-order valence-electron chi connectivity index (χ4n) is 2.01. The van der Waals surface area contributed by atoms with Crippen molar-refractivity contribution < 1.29 is 8.78 Å². The molecule has 5 heteroatoms. The number of benzene rings is 1. The van der Waals surface area contributed by atoms with E-state index in [1.807, 2.05) is 31.2 Å². The molecule has 0 radical (unpaired) electrons. The second-order valence-corrected chi connectivity index (χ2v) is 4.53. The molecule has 0 aliphatic rings. The molecule has 1 N–H and O–H groups in total. The minimum absolute atomic E-state index is 0.00470. The van der Waals surface area contributed by atoms with Gasteiger partial charge in [0.2, 0.25) is 0 Å². The summed E-state index contributed by atoms with van der Waals surface area (Å²) in [6, 6.07) is 7.80. The number of aromatic nitrogens is 2. The maximum Gasteiger partial charge on any atom is 0.280 e. The Balaban J connectivity index is 2.26. The molecule has 19 heavy (non-hydrogen) atoms. The van der Waals surface area contributed by atoms with E-state index in [0.717, 1.165) is 11.1 Å². The van der Waals surface area contributed by atoms with Gasteiger partial charge in [-0.3, -0.25) is 4.68 Å². The maximum absolute atomic E-state index is 13.1. The molecule has 3 nitrogen and oxygen atoms in total. The number of hydrogen-bond donors (Lipinski definition) is 1. The smallest absolute Gasteiger partial charge is 0.280 e. The molecule has 2 rings (SSSR count). The molecule has 0 fully saturated rings. The van der Waals surface area contributed by atoms with Crippen LogP contribution in [0.3, 0.4) is 0 Å². The highest BCUT2D eigenvalue weighted by Crippen LogP contribution is 2.23. The van der Waals surface area contributed by atoms with Crippen LogP contribution in [0.15, 0.2) is 30.5 Å². The Morgan fingerprint density at radius 1 is 1.26 bits per heavy atom. The lowest BCUT2D eigenvalue weighted by molar-refractivity contribution is 0.138. The Bertz CT molecular complexity index is 532. The lowest BCUT2D eigenvalue weighted by Gasteiger charge is -2.09. The molecule has 0 amide bonds. The Hall–Kier alpha value is -1.75. The van der Waals surface area contributed by atoms with Gasteiger partial charge in [-0.2, -0.15) is 5.10 Å². The molecule has 0 atom stereocenters. The van der Waals surface area contributed by atoms with Crippen LogP contribution in [0.2, 0.25) is 0 Å². The molecule has 0 aliphatic heterocycles. The summed E-state index contributed by atoms with van der Waals surface area (Å²) in [4.78, 5) is 0. The van der Waals surface area contributed by atoms with Gasteiger partial charge in [-0.15, -0.1) is 0 Å². The molecular formula is C14H17F2N3. The average Bonchev–Trinajstić information content (AvgIpc) is 2.76. The summed E-state index contributed by atoms with van der Waals surface area (Å²) in [5.41, 5.74) is 2.65. The van der Waals surface area contributed by atoms with Gasteiger partial charge >= 0.3 is 0 Å². The van der Waals surface area contributed by atoms with Crippen molar-refractivity contribution in [3.05, 3.63) is 52.8 Å². The standard InChI is InChI=1S/C14H17F2N3/c1-10-3-5-11(6-4-10)9-19-13(14(15)16)12(7-17-2)8-18-19/h3-6,8,14,17H,7,9H2,1-2H3. The predicted molar refractivity (Wildman–Crippen MR) is 70.2 cm³/mol. The quantitative estimate of drug-likeness (QED) is 0.901. The van der Waals surface area contributed by atoms with E-state index in [4.69, 9.17) is 0 Å². The highest BCUT2D eigenvalue weighted by molar-refractivity contribution is 5.24. The summed E-state index contributed by atoms with van der Waals surface area (Å²) in [5, 5.41) is 6.95. The van der Waals surface area contributed by atoms with E-state index in [2.05, 4.69) is 10.4 Å². The van der Waals surface area contributed by atoms with Gasteiger partial charge in [0.05, 0.1) is 12.7 Å². The third-order valence-corrected chi connectivity index (χ3v) is 2.99. The summed E-state index contributed by atoms with van der Waals surface area (Å²) in [6.07, 6.45) is -1.01. The average molecular weight is 265 g/mol. The fourth-order valence-corrected chi connectivity index (χ4v) is 2.01. The minimum atomic E-state index is -2.52. The summed E-state index contributed by atoms with van der Waals surface area (Å²) < 4.78 is 27.6. The van der Waals surface area contributed by atoms with Gasteiger partial charge < -0.3 is 5.32 Å². The summed E-state index contributed by atoms with van der Waals surface area (Å²) in [7, 11) is 1.73. The van der Waals surface area contributed by atoms with Gasteiger partial charge in [0, 0.05) is 12.1 Å². The molecular weight excluding hydrogens is 248 g/mol. The van der Waals surface area contributed by atoms with Crippen molar-refractivity contribution in [3.63, 3.8) is 0 Å². The van der Waals surface area contributed by atoms with Crippen LogP contribution in [-0.4, -0.2) is 16.8 Å². The van der Waals surface area contributed by atoms with Crippen LogP contribution >= 0.6 is 0 Å². The number of nitrogens with one attached hydrogen (secondary N) is 1. The molecule has 1 heterocycles. The lowest BCUT2D eigenvalue weighted by Crippen LogP contribution is -2.11. The van der Waals surface area contributed by atoms with Crippen molar-refractivity contribution in [2.45, 2.75) is 26.4 Å². The van der Waals surface area contributed by atoms with Crippen LogP contribution in [0.25, 0.3) is 0 Å². The predicted octanol–water partition coefficient (Wildman–Crippen LogP) is 2.90. The molecule has 1 aromatic heterocycles. The second-order valence-electron chi connectivity index (χ2n) is 4.53. The van der Waals surface area contributed by atoms with E-state index in [1.165, 1.54) is 10.9 Å². The first-order valence-corrected chi connectivity index (χ1v) is 6.14. The highest BCUT2D eigenvalue weighted by Gasteiger charge is 2.19. The molecule has 0 unspecified atom stereocenters. The van der Waals surface area contributed by atoms with Crippen LogP contribution in [-0.2, 0) is 13.1 Å². The topological polar surface area (TPSA) is 29.9 Å². The molecule has 2 aromatic rings. The van der Waals surface area contributed by atoms with E-state index >= 15 is 0 Å². The van der Waals surface area contributed by atoms with E-state index in [0.29, 0.717) is 18.7 Å². The van der Waals surface area contributed by atoms with Crippen molar-refractivity contribution in [3.8, 4) is 0 Å². The zero-order valence-electron chi connectivity index (χ0n) is 11.0. The molecule has 0 saturated carbocycles. The van der Waals surface area contributed by atoms with Gasteiger partial charge in [-0.25, -0.2) is 8.78 Å². The first-order chi connectivity index (χ1) is 9.11. The fraction of sp³-hybridized carbons (Fsp3) is 0.357.